The molecule has 0 radical (unpaired) electrons. The molecule has 0 bridgehead atoms. The quantitative estimate of drug-likeness (QED) is 0.655. The van der Waals surface area contributed by atoms with Crippen LogP contribution in [-0.4, -0.2) is 55.5 Å². The van der Waals surface area contributed by atoms with Gasteiger partial charge in [-0.25, -0.2) is 4.79 Å². The monoisotopic (exact) mass is 281 g/mol. The lowest BCUT2D eigenvalue weighted by Gasteiger charge is -2.20. The van der Waals surface area contributed by atoms with Gasteiger partial charge in [-0.15, -0.1) is 0 Å². The molecule has 15 heavy (non-hydrogen) atoms. The van der Waals surface area contributed by atoms with Crippen LogP contribution < -0.4 is 0 Å². The van der Waals surface area contributed by atoms with Crippen molar-refractivity contribution in [2.75, 3.05) is 38.7 Å². The first-order valence-corrected chi connectivity index (χ1v) is 5.76. The van der Waals surface area contributed by atoms with E-state index in [0.717, 1.165) is 0 Å². The average Bonchev–Trinajstić information content (AvgIpc) is 2.24. The maximum absolute atomic E-state index is 11.4. The Morgan fingerprint density at radius 1 is 1.40 bits per heavy atom. The summed E-state index contributed by atoms with van der Waals surface area (Å²) >= 11 is 3.04. The second-order valence-electron chi connectivity index (χ2n) is 2.79. The molecule has 0 aliphatic rings. The fourth-order valence-corrected chi connectivity index (χ4v) is 1.08. The van der Waals surface area contributed by atoms with Crippen molar-refractivity contribution >= 4 is 27.8 Å². The summed E-state index contributed by atoms with van der Waals surface area (Å²) in [6.07, 6.45) is -0.483. The van der Waals surface area contributed by atoms with E-state index in [0.29, 0.717) is 19.8 Å². The van der Waals surface area contributed by atoms with Gasteiger partial charge in [0.1, 0.15) is 0 Å². The maximum atomic E-state index is 11.4. The van der Waals surface area contributed by atoms with E-state index in [9.17, 15) is 9.59 Å². The molecule has 0 unspecified atom stereocenters. The third kappa shape index (κ3) is 6.46. The number of hydrogen-bond donors (Lipinski definition) is 0. The number of carbonyl (C=O) groups excluding carboxylic acids is 2. The third-order valence-corrected chi connectivity index (χ3v) is 2.23. The van der Waals surface area contributed by atoms with Gasteiger partial charge in [-0.1, -0.05) is 15.9 Å². The summed E-state index contributed by atoms with van der Waals surface area (Å²) in [4.78, 5) is 23.9. The Morgan fingerprint density at radius 3 is 2.53 bits per heavy atom. The summed E-state index contributed by atoms with van der Waals surface area (Å²) in [5.41, 5.74) is 0. The van der Waals surface area contributed by atoms with E-state index in [-0.39, 0.29) is 17.7 Å². The Bertz CT molecular complexity index is 210. The van der Waals surface area contributed by atoms with Crippen molar-refractivity contribution in [2.24, 2.45) is 0 Å². The molecule has 0 spiro atoms. The van der Waals surface area contributed by atoms with Gasteiger partial charge in [-0.3, -0.25) is 9.69 Å². The number of methoxy groups -OCH3 is 1. The predicted molar refractivity (Wildman–Crippen MR) is 59.3 cm³/mol. The molecule has 0 rings (SSSR count). The molecule has 0 aromatic heterocycles. The molecule has 0 aromatic carbocycles. The molecule has 6 heteroatoms. The topological polar surface area (TPSA) is 55.8 Å². The van der Waals surface area contributed by atoms with Gasteiger partial charge in [0, 0.05) is 13.7 Å². The van der Waals surface area contributed by atoms with Crippen LogP contribution in [0, 0.1) is 0 Å². The minimum atomic E-state index is -0.483. The van der Waals surface area contributed by atoms with Gasteiger partial charge < -0.3 is 9.47 Å². The van der Waals surface area contributed by atoms with Crippen LogP contribution >= 0.6 is 15.9 Å². The molecule has 88 valence electrons. The molecule has 0 N–H and O–H groups in total. The number of alkyl halides is 1. The SMILES string of the molecule is CCOC(=O)N(CCOC)CC(=O)CBr. The highest BCUT2D eigenvalue weighted by Crippen LogP contribution is 1.96. The first kappa shape index (κ1) is 14.4. The summed E-state index contributed by atoms with van der Waals surface area (Å²) in [5, 5.41) is 0.232. The normalized spacial score (nSPS) is 9.80. The number of ketones is 1. The fraction of sp³-hybridized carbons (Fsp3) is 0.778. The number of halogens is 1. The molecule has 0 aromatic rings. The smallest absolute Gasteiger partial charge is 0.410 e. The molecule has 1 amide bonds. The standard InChI is InChI=1S/C9H16BrNO4/c1-3-15-9(13)11(4-5-14-2)7-8(12)6-10/h3-7H2,1-2H3. The number of Topliss-reactive ketones (excluding diaryl/α,β-unsaturated/α-hetero) is 1. The number of amides is 1. The Labute approximate surface area is 97.8 Å². The van der Waals surface area contributed by atoms with Crippen molar-refractivity contribution in [3.8, 4) is 0 Å². The Morgan fingerprint density at radius 2 is 2.07 bits per heavy atom. The molecule has 0 saturated carbocycles. The van der Waals surface area contributed by atoms with E-state index >= 15 is 0 Å². The highest BCUT2D eigenvalue weighted by Gasteiger charge is 2.16. The Hall–Kier alpha value is -0.620. The van der Waals surface area contributed by atoms with Crippen LogP contribution in [0.5, 0.6) is 0 Å². The summed E-state index contributed by atoms with van der Waals surface area (Å²) < 4.78 is 9.65. The zero-order chi connectivity index (χ0) is 11.7. The maximum Gasteiger partial charge on any atom is 0.410 e. The molecule has 0 saturated heterocycles. The molecular formula is C9H16BrNO4. The van der Waals surface area contributed by atoms with Crippen LogP contribution in [-0.2, 0) is 14.3 Å². The van der Waals surface area contributed by atoms with Gasteiger partial charge in [-0.05, 0) is 6.92 Å². The lowest BCUT2D eigenvalue weighted by atomic mass is 10.4. The van der Waals surface area contributed by atoms with Gasteiger partial charge in [0.2, 0.25) is 0 Å². The van der Waals surface area contributed by atoms with Crippen LogP contribution in [0.25, 0.3) is 0 Å². The largest absolute Gasteiger partial charge is 0.450 e. The number of carbonyl (C=O) groups is 2. The number of ether oxygens (including phenoxy) is 2. The highest BCUT2D eigenvalue weighted by atomic mass is 79.9. The zero-order valence-electron chi connectivity index (χ0n) is 8.99. The lowest BCUT2D eigenvalue weighted by Crippen LogP contribution is -2.38. The Kier molecular flexibility index (Phi) is 8.31. The Balaban J connectivity index is 4.16. The second-order valence-corrected chi connectivity index (χ2v) is 3.35. The van der Waals surface area contributed by atoms with Crippen molar-refractivity contribution in [1.29, 1.82) is 0 Å². The van der Waals surface area contributed by atoms with Crippen molar-refractivity contribution in [3.63, 3.8) is 0 Å². The molecule has 0 atom stereocenters. The average molecular weight is 282 g/mol. The van der Waals surface area contributed by atoms with Gasteiger partial charge >= 0.3 is 6.09 Å². The fourth-order valence-electron chi connectivity index (χ4n) is 0.906. The lowest BCUT2D eigenvalue weighted by molar-refractivity contribution is -0.117. The summed E-state index contributed by atoms with van der Waals surface area (Å²) in [7, 11) is 1.54. The van der Waals surface area contributed by atoms with Gasteiger partial charge in [0.05, 0.1) is 25.1 Å². The van der Waals surface area contributed by atoms with Crippen molar-refractivity contribution in [1.82, 2.24) is 4.90 Å². The second kappa shape index (κ2) is 8.67. The predicted octanol–water partition coefficient (Wildman–Crippen LogP) is 1.06. The summed E-state index contributed by atoms with van der Waals surface area (Å²) in [6, 6.07) is 0. The number of hydrogen-bond acceptors (Lipinski definition) is 4. The van der Waals surface area contributed by atoms with E-state index < -0.39 is 6.09 Å². The van der Waals surface area contributed by atoms with E-state index in [1.54, 1.807) is 6.92 Å². The van der Waals surface area contributed by atoms with E-state index in [1.807, 2.05) is 0 Å². The van der Waals surface area contributed by atoms with Crippen molar-refractivity contribution in [2.45, 2.75) is 6.92 Å². The number of nitrogens with zero attached hydrogens (tertiary/aromatic N) is 1. The van der Waals surface area contributed by atoms with Crippen molar-refractivity contribution < 1.29 is 19.1 Å². The van der Waals surface area contributed by atoms with Gasteiger partial charge in [-0.2, -0.15) is 0 Å². The van der Waals surface area contributed by atoms with E-state index in [1.165, 1.54) is 12.0 Å². The molecule has 0 heterocycles. The van der Waals surface area contributed by atoms with Crippen LogP contribution in [0.3, 0.4) is 0 Å². The zero-order valence-corrected chi connectivity index (χ0v) is 10.6. The van der Waals surface area contributed by atoms with Crippen LogP contribution in [0.4, 0.5) is 4.79 Å². The molecular weight excluding hydrogens is 266 g/mol. The van der Waals surface area contributed by atoms with E-state index in [4.69, 9.17) is 9.47 Å². The molecule has 5 nitrogen and oxygen atoms in total. The summed E-state index contributed by atoms with van der Waals surface area (Å²) in [5.74, 6) is -0.0702. The first-order chi connectivity index (χ1) is 7.15. The third-order valence-electron chi connectivity index (χ3n) is 1.61. The minimum Gasteiger partial charge on any atom is -0.450 e. The van der Waals surface area contributed by atoms with Gasteiger partial charge in [0.25, 0.3) is 0 Å². The van der Waals surface area contributed by atoms with Crippen LogP contribution in [0.2, 0.25) is 0 Å². The first-order valence-electron chi connectivity index (χ1n) is 4.64. The molecule has 0 aliphatic heterocycles. The highest BCUT2D eigenvalue weighted by molar-refractivity contribution is 9.09. The van der Waals surface area contributed by atoms with Crippen LogP contribution in [0.1, 0.15) is 6.92 Å². The van der Waals surface area contributed by atoms with Crippen LogP contribution in [0.15, 0.2) is 0 Å². The molecule has 0 aliphatic carbocycles. The van der Waals surface area contributed by atoms with Crippen molar-refractivity contribution in [3.05, 3.63) is 0 Å². The van der Waals surface area contributed by atoms with E-state index in [2.05, 4.69) is 15.9 Å². The van der Waals surface area contributed by atoms with Gasteiger partial charge in [0.15, 0.2) is 5.78 Å². The summed E-state index contributed by atoms with van der Waals surface area (Å²) in [6.45, 7) is 2.80. The minimum absolute atomic E-state index is 0.0491. The molecule has 0 fully saturated rings. The number of rotatable bonds is 7.